The first kappa shape index (κ1) is 25.5. The predicted molar refractivity (Wildman–Crippen MR) is 140 cm³/mol. The van der Waals surface area contributed by atoms with Crippen LogP contribution >= 0.6 is 0 Å². The van der Waals surface area contributed by atoms with Gasteiger partial charge in [0.15, 0.2) is 0 Å². The van der Waals surface area contributed by atoms with E-state index in [2.05, 4.69) is 15.1 Å². The largest absolute Gasteiger partial charge is 0.418 e. The van der Waals surface area contributed by atoms with Crippen molar-refractivity contribution in [1.29, 1.82) is 0 Å². The van der Waals surface area contributed by atoms with E-state index in [1.165, 1.54) is 37.4 Å². The van der Waals surface area contributed by atoms with E-state index in [0.717, 1.165) is 53.8 Å². The summed E-state index contributed by atoms with van der Waals surface area (Å²) in [5, 5.41) is 8.27. The Morgan fingerprint density at radius 3 is 2.52 bits per heavy atom. The molecular formula is C29H30F4N6O. The number of hydrogen-bond donors (Lipinski definition) is 0. The lowest BCUT2D eigenvalue weighted by Crippen LogP contribution is -2.25. The monoisotopic (exact) mass is 554 g/mol. The molecule has 2 saturated carbocycles. The Hall–Kier alpha value is -3.47. The maximum atomic E-state index is 15.1. The molecule has 0 unspecified atom stereocenters. The number of hydrogen-bond acceptors (Lipinski definition) is 4. The fourth-order valence-corrected chi connectivity index (χ4v) is 6.64. The number of nitrogens with zero attached hydrogens (tertiary/aromatic N) is 6. The smallest absolute Gasteiger partial charge is 0.320 e. The van der Waals surface area contributed by atoms with Crippen molar-refractivity contribution >= 4 is 5.52 Å². The lowest BCUT2D eigenvalue weighted by atomic mass is 9.72. The maximum Gasteiger partial charge on any atom is 0.418 e. The summed E-state index contributed by atoms with van der Waals surface area (Å²) in [6.45, 7) is 2.07. The summed E-state index contributed by atoms with van der Waals surface area (Å²) in [6, 6.07) is 5.44. The van der Waals surface area contributed by atoms with Crippen molar-refractivity contribution in [1.82, 2.24) is 28.6 Å². The zero-order chi connectivity index (χ0) is 27.8. The van der Waals surface area contributed by atoms with Gasteiger partial charge in [-0.2, -0.15) is 13.2 Å². The van der Waals surface area contributed by atoms with Crippen LogP contribution in [0.5, 0.6) is 0 Å². The van der Waals surface area contributed by atoms with Crippen LogP contribution in [-0.4, -0.2) is 41.7 Å². The minimum Gasteiger partial charge on any atom is -0.320 e. The maximum absolute atomic E-state index is 15.1. The van der Waals surface area contributed by atoms with Crippen LogP contribution in [0.2, 0.25) is 0 Å². The van der Waals surface area contributed by atoms with Gasteiger partial charge in [0.1, 0.15) is 18.0 Å². The summed E-state index contributed by atoms with van der Waals surface area (Å²) < 4.78 is 61.7. The Bertz CT molecular complexity index is 1660. The Morgan fingerprint density at radius 2 is 1.90 bits per heavy atom. The van der Waals surface area contributed by atoms with Crippen LogP contribution in [0.3, 0.4) is 0 Å². The molecule has 1 saturated heterocycles. The van der Waals surface area contributed by atoms with Gasteiger partial charge in [-0.05, 0) is 85.4 Å². The highest BCUT2D eigenvalue weighted by molar-refractivity contribution is 5.58. The van der Waals surface area contributed by atoms with Gasteiger partial charge in [-0.25, -0.2) is 9.18 Å². The number of halogens is 4. The molecule has 7 rings (SSSR count). The van der Waals surface area contributed by atoms with Crippen molar-refractivity contribution in [2.75, 3.05) is 13.1 Å². The zero-order valence-electron chi connectivity index (χ0n) is 22.2. The summed E-state index contributed by atoms with van der Waals surface area (Å²) in [4.78, 5) is 15.8. The average Bonchev–Trinajstić information content (AvgIpc) is 3.14. The summed E-state index contributed by atoms with van der Waals surface area (Å²) in [5.41, 5.74) is -0.213. The molecule has 3 fully saturated rings. The Kier molecular flexibility index (Phi) is 5.75. The third-order valence-electron chi connectivity index (χ3n) is 9.20. The molecule has 3 aromatic heterocycles. The molecule has 2 aliphatic carbocycles. The molecule has 0 amide bonds. The topological polar surface area (TPSA) is 60.4 Å². The van der Waals surface area contributed by atoms with Gasteiger partial charge < -0.3 is 4.57 Å². The number of pyridine rings is 1. The SMILES string of the molecule is Cn1cnnc1[C@@H](c1cc(F)cc(-n2cc3c(C(F)(F)F)cc(CN4CCC5(CC5)C4)cn3c2=O)c1)C1CCC1. The highest BCUT2D eigenvalue weighted by Crippen LogP contribution is 2.53. The van der Waals surface area contributed by atoms with Gasteiger partial charge in [-0.1, -0.05) is 6.42 Å². The van der Waals surface area contributed by atoms with E-state index in [-0.39, 0.29) is 23.0 Å². The molecule has 1 atom stereocenters. The molecule has 1 aliphatic heterocycles. The van der Waals surface area contributed by atoms with Crippen LogP contribution in [0, 0.1) is 17.2 Å². The third-order valence-corrected chi connectivity index (χ3v) is 9.20. The summed E-state index contributed by atoms with van der Waals surface area (Å²) in [5.74, 6) is 0.119. The van der Waals surface area contributed by atoms with E-state index in [1.54, 1.807) is 17.0 Å². The highest BCUT2D eigenvalue weighted by Gasteiger charge is 2.47. The highest BCUT2D eigenvalue weighted by atomic mass is 19.4. The summed E-state index contributed by atoms with van der Waals surface area (Å²) in [6.07, 6.45) is 5.98. The van der Waals surface area contributed by atoms with Gasteiger partial charge in [0.25, 0.3) is 0 Å². The number of likely N-dealkylation sites (tertiary alicyclic amines) is 1. The third kappa shape index (κ3) is 4.34. The number of rotatable bonds is 6. The van der Waals surface area contributed by atoms with Gasteiger partial charge in [0.2, 0.25) is 0 Å². The molecular weight excluding hydrogens is 524 g/mol. The second-order valence-electron chi connectivity index (χ2n) is 12.0. The van der Waals surface area contributed by atoms with Gasteiger partial charge in [-0.15, -0.1) is 10.2 Å². The number of aryl methyl sites for hydroxylation is 1. The molecule has 210 valence electrons. The van der Waals surface area contributed by atoms with E-state index >= 15 is 4.39 Å². The number of fused-ring (bicyclic) bond motifs is 1. The molecule has 4 heterocycles. The van der Waals surface area contributed by atoms with E-state index in [4.69, 9.17) is 0 Å². The lowest BCUT2D eigenvalue weighted by molar-refractivity contribution is -0.136. The molecule has 1 spiro atoms. The standard InChI is InChI=1S/C29H30F4N6O/c1-36-17-34-35-26(36)25(19-3-2-4-19)20-10-21(30)12-22(11-20)38-15-24-23(29(31,32)33)9-18(14-39(24)27(38)40)13-37-8-7-28(16-37)5-6-28/h9-12,14-15,17,19,25H,2-8,13,16H2,1H3/t25-/m1/s1. The van der Waals surface area contributed by atoms with Crippen LogP contribution in [0.25, 0.3) is 11.2 Å². The summed E-state index contributed by atoms with van der Waals surface area (Å²) in [7, 11) is 1.83. The fraction of sp³-hybridized carbons (Fsp3) is 0.483. The van der Waals surface area contributed by atoms with Crippen molar-refractivity contribution in [3.8, 4) is 5.69 Å². The number of alkyl halides is 3. The average molecular weight is 555 g/mol. The first-order valence-corrected chi connectivity index (χ1v) is 13.8. The Balaban J connectivity index is 1.32. The minimum absolute atomic E-state index is 0.181. The van der Waals surface area contributed by atoms with Crippen molar-refractivity contribution in [2.24, 2.45) is 18.4 Å². The van der Waals surface area contributed by atoms with Crippen LogP contribution in [0.1, 0.15) is 67.0 Å². The first-order chi connectivity index (χ1) is 19.1. The normalized spacial score (nSPS) is 19.9. The second-order valence-corrected chi connectivity index (χ2v) is 12.0. The van der Waals surface area contributed by atoms with Crippen LogP contribution in [0.4, 0.5) is 17.6 Å². The van der Waals surface area contributed by atoms with Crippen molar-refractivity contribution < 1.29 is 17.6 Å². The molecule has 7 nitrogen and oxygen atoms in total. The quantitative estimate of drug-likeness (QED) is 0.304. The molecule has 0 N–H and O–H groups in total. The number of benzene rings is 1. The van der Waals surface area contributed by atoms with Gasteiger partial charge in [0.05, 0.1) is 16.8 Å². The van der Waals surface area contributed by atoms with Crippen LogP contribution < -0.4 is 5.69 Å². The van der Waals surface area contributed by atoms with Crippen LogP contribution in [0.15, 0.2) is 47.8 Å². The number of aromatic nitrogens is 5. The Labute approximate surface area is 228 Å². The molecule has 40 heavy (non-hydrogen) atoms. The van der Waals surface area contributed by atoms with E-state index in [1.807, 2.05) is 7.05 Å². The minimum atomic E-state index is -4.66. The Morgan fingerprint density at radius 1 is 1.10 bits per heavy atom. The lowest BCUT2D eigenvalue weighted by Gasteiger charge is -2.33. The van der Waals surface area contributed by atoms with Crippen molar-refractivity contribution in [3.05, 3.63) is 81.8 Å². The van der Waals surface area contributed by atoms with Gasteiger partial charge >= 0.3 is 11.9 Å². The predicted octanol–water partition coefficient (Wildman–Crippen LogP) is 5.29. The second kappa shape index (κ2) is 9.02. The molecule has 3 aliphatic rings. The molecule has 0 bridgehead atoms. The zero-order valence-corrected chi connectivity index (χ0v) is 22.2. The first-order valence-electron chi connectivity index (χ1n) is 13.8. The van der Waals surface area contributed by atoms with Crippen molar-refractivity contribution in [2.45, 2.75) is 57.2 Å². The van der Waals surface area contributed by atoms with Gasteiger partial charge in [-0.3, -0.25) is 13.9 Å². The molecule has 0 radical (unpaired) electrons. The van der Waals surface area contributed by atoms with Crippen molar-refractivity contribution in [3.63, 3.8) is 0 Å². The van der Waals surface area contributed by atoms with E-state index in [0.29, 0.717) is 28.9 Å². The van der Waals surface area contributed by atoms with Gasteiger partial charge in [0, 0.05) is 38.4 Å². The molecule has 11 heteroatoms. The van der Waals surface area contributed by atoms with E-state index < -0.39 is 23.2 Å². The fourth-order valence-electron chi connectivity index (χ4n) is 6.64. The molecule has 1 aromatic carbocycles. The number of imidazole rings is 1. The van der Waals surface area contributed by atoms with E-state index in [9.17, 15) is 18.0 Å². The molecule has 4 aromatic rings. The van der Waals surface area contributed by atoms with Crippen LogP contribution in [-0.2, 0) is 19.8 Å². The summed E-state index contributed by atoms with van der Waals surface area (Å²) >= 11 is 0.